The summed E-state index contributed by atoms with van der Waals surface area (Å²) in [4.78, 5) is 25.3. The third-order valence-electron chi connectivity index (χ3n) is 3.91. The van der Waals surface area contributed by atoms with Gasteiger partial charge in [0.1, 0.15) is 0 Å². The molecule has 2 N–H and O–H groups in total. The normalized spacial score (nSPS) is 23.2. The molecule has 1 heterocycles. The number of ether oxygens (including phenoxy) is 1. The summed E-state index contributed by atoms with van der Waals surface area (Å²) in [6.07, 6.45) is 0.461. The van der Waals surface area contributed by atoms with Gasteiger partial charge in [-0.25, -0.2) is 4.79 Å². The Morgan fingerprint density at radius 2 is 1.71 bits per heavy atom. The maximum absolute atomic E-state index is 12.3. The van der Waals surface area contributed by atoms with Crippen LogP contribution in [0.1, 0.15) is 48.0 Å². The lowest BCUT2D eigenvalue weighted by Gasteiger charge is -2.47. The minimum Gasteiger partial charge on any atom is -0.481 e. The molecular weight excluding hydrogens is 272 g/mol. The molecule has 0 radical (unpaired) electrons. The topological polar surface area (TPSA) is 78.9 Å². The number of hydrogen-bond acceptors (Lipinski definition) is 3. The van der Waals surface area contributed by atoms with Crippen LogP contribution in [-0.2, 0) is 9.53 Å². The van der Waals surface area contributed by atoms with Crippen LogP contribution >= 0.6 is 0 Å². The van der Waals surface area contributed by atoms with Gasteiger partial charge in [-0.3, -0.25) is 4.79 Å². The Morgan fingerprint density at radius 3 is 2.10 bits per heavy atom. The first kappa shape index (κ1) is 17.8. The fraction of sp³-hybridized carbons (Fsp3) is 0.867. The molecule has 1 aliphatic heterocycles. The van der Waals surface area contributed by atoms with Crippen LogP contribution < -0.4 is 5.32 Å². The number of carboxylic acid groups (broad SMARTS) is 1. The molecule has 1 fully saturated rings. The summed E-state index contributed by atoms with van der Waals surface area (Å²) in [5.41, 5.74) is -1.77. The number of rotatable bonds is 4. The van der Waals surface area contributed by atoms with Crippen LogP contribution in [0.3, 0.4) is 0 Å². The third kappa shape index (κ3) is 4.59. The first-order valence-electron chi connectivity index (χ1n) is 7.37. The van der Waals surface area contributed by atoms with Crippen LogP contribution in [0.25, 0.3) is 0 Å². The Hall–Kier alpha value is -1.30. The zero-order valence-corrected chi connectivity index (χ0v) is 13.9. The molecule has 0 aliphatic carbocycles. The molecule has 1 saturated heterocycles. The lowest BCUT2D eigenvalue weighted by atomic mass is 9.88. The minimum atomic E-state index is -0.938. The van der Waals surface area contributed by atoms with Crippen molar-refractivity contribution in [3.05, 3.63) is 0 Å². The number of hydrogen-bond donors (Lipinski definition) is 2. The monoisotopic (exact) mass is 300 g/mol. The van der Waals surface area contributed by atoms with E-state index in [9.17, 15) is 14.7 Å². The minimum absolute atomic E-state index is 0.121. The Labute approximate surface area is 126 Å². The number of carboxylic acids is 1. The first-order valence-corrected chi connectivity index (χ1v) is 7.37. The van der Waals surface area contributed by atoms with Crippen LogP contribution in [0.2, 0.25) is 0 Å². The summed E-state index contributed by atoms with van der Waals surface area (Å²) in [6, 6.07) is -0.236. The van der Waals surface area contributed by atoms with E-state index in [1.54, 1.807) is 18.7 Å². The second-order valence-electron chi connectivity index (χ2n) is 7.36. The fourth-order valence-corrected chi connectivity index (χ4v) is 2.67. The summed E-state index contributed by atoms with van der Waals surface area (Å²) in [5.74, 6) is -0.895. The number of amides is 2. The van der Waals surface area contributed by atoms with Crippen molar-refractivity contribution in [3.8, 4) is 0 Å². The van der Waals surface area contributed by atoms with E-state index in [1.165, 1.54) is 0 Å². The summed E-state index contributed by atoms with van der Waals surface area (Å²) in [5, 5.41) is 12.0. The summed E-state index contributed by atoms with van der Waals surface area (Å²) >= 11 is 0. The van der Waals surface area contributed by atoms with Gasteiger partial charge in [0.2, 0.25) is 0 Å². The molecule has 122 valence electrons. The van der Waals surface area contributed by atoms with E-state index in [2.05, 4.69) is 5.32 Å². The molecule has 6 heteroatoms. The molecule has 1 unspecified atom stereocenters. The Kier molecular flexibility index (Phi) is 4.93. The molecule has 6 nitrogen and oxygen atoms in total. The molecule has 2 amide bonds. The van der Waals surface area contributed by atoms with Crippen LogP contribution in [-0.4, -0.2) is 52.8 Å². The smallest absolute Gasteiger partial charge is 0.317 e. The Morgan fingerprint density at radius 1 is 1.24 bits per heavy atom. The summed E-state index contributed by atoms with van der Waals surface area (Å²) in [7, 11) is 0. The van der Waals surface area contributed by atoms with Gasteiger partial charge >= 0.3 is 12.0 Å². The van der Waals surface area contributed by atoms with Gasteiger partial charge in [-0.1, -0.05) is 6.92 Å². The zero-order chi connectivity index (χ0) is 16.5. The quantitative estimate of drug-likeness (QED) is 0.833. The predicted octanol–water partition coefficient (Wildman–Crippen LogP) is 2.09. The van der Waals surface area contributed by atoms with Gasteiger partial charge in [0.25, 0.3) is 0 Å². The maximum atomic E-state index is 12.3. The van der Waals surface area contributed by atoms with Crippen molar-refractivity contribution in [2.45, 2.75) is 59.2 Å². The summed E-state index contributed by atoms with van der Waals surface area (Å²) < 4.78 is 5.93. The molecule has 1 rings (SSSR count). The number of urea groups is 1. The third-order valence-corrected chi connectivity index (χ3v) is 3.91. The standard InChI is InChI=1S/C15H28N2O4/c1-7-15(6,11(18)19)8-16-12(20)17-9-13(2,3)21-14(4,5)10-17/h7-10H2,1-6H3,(H,16,20)(H,18,19). The van der Waals surface area contributed by atoms with E-state index in [0.717, 1.165) is 0 Å². The molecule has 0 saturated carbocycles. The molecule has 1 aliphatic rings. The highest BCUT2D eigenvalue weighted by Gasteiger charge is 2.40. The van der Waals surface area contributed by atoms with Crippen molar-refractivity contribution in [3.63, 3.8) is 0 Å². The molecule has 21 heavy (non-hydrogen) atoms. The predicted molar refractivity (Wildman–Crippen MR) is 80.2 cm³/mol. The van der Waals surface area contributed by atoms with Crippen LogP contribution in [0.4, 0.5) is 4.79 Å². The lowest BCUT2D eigenvalue weighted by Crippen LogP contribution is -2.61. The van der Waals surface area contributed by atoms with Crippen molar-refractivity contribution in [1.29, 1.82) is 0 Å². The number of carbonyl (C=O) groups excluding carboxylic acids is 1. The number of nitrogens with zero attached hydrogens (tertiary/aromatic N) is 1. The van der Waals surface area contributed by atoms with Crippen molar-refractivity contribution >= 4 is 12.0 Å². The van der Waals surface area contributed by atoms with E-state index in [4.69, 9.17) is 4.74 Å². The van der Waals surface area contributed by atoms with Crippen LogP contribution in [0.5, 0.6) is 0 Å². The van der Waals surface area contributed by atoms with Crippen molar-refractivity contribution < 1.29 is 19.4 Å². The molecule has 1 atom stereocenters. The van der Waals surface area contributed by atoms with Crippen molar-refractivity contribution in [1.82, 2.24) is 10.2 Å². The van der Waals surface area contributed by atoms with E-state index in [1.807, 2.05) is 27.7 Å². The molecule has 0 aromatic rings. The SMILES string of the molecule is CCC(C)(CNC(=O)N1CC(C)(C)OC(C)(C)C1)C(=O)O. The highest BCUT2D eigenvalue weighted by atomic mass is 16.5. The maximum Gasteiger partial charge on any atom is 0.317 e. The van der Waals surface area contributed by atoms with Crippen LogP contribution in [0.15, 0.2) is 0 Å². The molecule has 0 bridgehead atoms. The van der Waals surface area contributed by atoms with E-state index in [0.29, 0.717) is 19.5 Å². The number of morpholine rings is 1. The highest BCUT2D eigenvalue weighted by molar-refractivity contribution is 5.78. The molecular formula is C15H28N2O4. The largest absolute Gasteiger partial charge is 0.481 e. The van der Waals surface area contributed by atoms with Gasteiger partial charge in [0.15, 0.2) is 0 Å². The van der Waals surface area contributed by atoms with Gasteiger partial charge in [-0.2, -0.15) is 0 Å². The van der Waals surface area contributed by atoms with Crippen LogP contribution in [0, 0.1) is 5.41 Å². The first-order chi connectivity index (χ1) is 9.41. The zero-order valence-electron chi connectivity index (χ0n) is 13.9. The average Bonchev–Trinajstić information content (AvgIpc) is 2.31. The highest BCUT2D eigenvalue weighted by Crippen LogP contribution is 2.28. The van der Waals surface area contributed by atoms with E-state index in [-0.39, 0.29) is 12.6 Å². The van der Waals surface area contributed by atoms with Gasteiger partial charge in [0.05, 0.1) is 29.7 Å². The number of nitrogens with one attached hydrogen (secondary N) is 1. The van der Waals surface area contributed by atoms with E-state index >= 15 is 0 Å². The Balaban J connectivity index is 2.69. The number of carbonyl (C=O) groups is 2. The lowest BCUT2D eigenvalue weighted by molar-refractivity contribution is -0.170. The number of aliphatic carboxylic acids is 1. The summed E-state index contributed by atoms with van der Waals surface area (Å²) in [6.45, 7) is 12.3. The molecule has 0 aromatic carbocycles. The average molecular weight is 300 g/mol. The van der Waals surface area contributed by atoms with Gasteiger partial charge < -0.3 is 20.1 Å². The van der Waals surface area contributed by atoms with Gasteiger partial charge in [0, 0.05) is 6.54 Å². The molecule has 0 spiro atoms. The van der Waals surface area contributed by atoms with E-state index < -0.39 is 22.6 Å². The Bertz CT molecular complexity index is 404. The van der Waals surface area contributed by atoms with Crippen molar-refractivity contribution in [2.24, 2.45) is 5.41 Å². The second kappa shape index (κ2) is 5.83. The fourth-order valence-electron chi connectivity index (χ4n) is 2.67. The molecule has 0 aromatic heterocycles. The van der Waals surface area contributed by atoms with Gasteiger partial charge in [-0.05, 0) is 41.0 Å². The second-order valence-corrected chi connectivity index (χ2v) is 7.36. The van der Waals surface area contributed by atoms with Gasteiger partial charge in [-0.15, -0.1) is 0 Å². The van der Waals surface area contributed by atoms with Crippen molar-refractivity contribution in [2.75, 3.05) is 19.6 Å².